The number of hydrogen-bond donors (Lipinski definition) is 4. The molecule has 0 bridgehead atoms. The van der Waals surface area contributed by atoms with Crippen LogP contribution in [0.1, 0.15) is 76.8 Å². The van der Waals surface area contributed by atoms with Crippen LogP contribution in [0.4, 0.5) is 4.79 Å². The lowest BCUT2D eigenvalue weighted by Gasteiger charge is -2.36. The molecule has 1 saturated heterocycles. The van der Waals surface area contributed by atoms with E-state index in [4.69, 9.17) is 33.3 Å². The average molecular weight is 803 g/mol. The SMILES string of the molecule is CCC[C@H](NC(=O)[C@@H]1C[C@@H](Oc2ccc(Cl)cn2)CN1C(=O)[C@@H](NC(=S)NC(=O)OCC1c2ccccc2-c2ccccc21)C(C)(C)C)C(=O)C(=O)NC1CC1. The van der Waals surface area contributed by atoms with Gasteiger partial charge in [-0.3, -0.25) is 24.5 Å². The maximum absolute atomic E-state index is 14.5. The van der Waals surface area contributed by atoms with Crippen molar-refractivity contribution < 1.29 is 33.4 Å². The second kappa shape index (κ2) is 17.4. The van der Waals surface area contributed by atoms with Crippen molar-refractivity contribution in [2.75, 3.05) is 13.2 Å². The van der Waals surface area contributed by atoms with Crippen LogP contribution in [-0.2, 0) is 23.9 Å². The molecule has 3 aromatic rings. The first kappa shape index (κ1) is 40.6. The lowest BCUT2D eigenvalue weighted by molar-refractivity contribution is -0.143. The van der Waals surface area contributed by atoms with Crippen molar-refractivity contribution in [3.63, 3.8) is 0 Å². The molecule has 56 heavy (non-hydrogen) atoms. The Hall–Kier alpha value is -5.08. The van der Waals surface area contributed by atoms with Crippen LogP contribution in [0.25, 0.3) is 11.1 Å². The van der Waals surface area contributed by atoms with Crippen molar-refractivity contribution >= 4 is 58.5 Å². The normalized spacial score (nSPS) is 18.5. The van der Waals surface area contributed by atoms with E-state index in [1.165, 1.54) is 11.1 Å². The Balaban J connectivity index is 1.15. The van der Waals surface area contributed by atoms with Gasteiger partial charge in [-0.1, -0.05) is 94.2 Å². The zero-order valence-electron chi connectivity index (χ0n) is 31.8. The van der Waals surface area contributed by atoms with Crippen LogP contribution in [0.15, 0.2) is 66.9 Å². The largest absolute Gasteiger partial charge is 0.472 e. The zero-order chi connectivity index (χ0) is 40.1. The molecule has 2 aliphatic carbocycles. The Bertz CT molecular complexity index is 1940. The van der Waals surface area contributed by atoms with E-state index in [0.717, 1.165) is 35.1 Å². The second-order valence-corrected chi connectivity index (χ2v) is 16.3. The monoisotopic (exact) mass is 802 g/mol. The summed E-state index contributed by atoms with van der Waals surface area (Å²) < 4.78 is 11.8. The molecule has 2 fully saturated rings. The minimum absolute atomic E-state index is 0.00336. The third-order valence-corrected chi connectivity index (χ3v) is 10.6. The van der Waals surface area contributed by atoms with Crippen LogP contribution in [-0.4, -0.2) is 88.0 Å². The Morgan fingerprint density at radius 2 is 1.62 bits per heavy atom. The predicted molar refractivity (Wildman–Crippen MR) is 214 cm³/mol. The van der Waals surface area contributed by atoms with Gasteiger partial charge in [0, 0.05) is 30.6 Å². The Morgan fingerprint density at radius 3 is 2.21 bits per heavy atom. The van der Waals surface area contributed by atoms with Gasteiger partial charge in [0.15, 0.2) is 5.11 Å². The molecule has 0 radical (unpaired) electrons. The van der Waals surface area contributed by atoms with Crippen molar-refractivity contribution in [1.82, 2.24) is 31.2 Å². The molecule has 4 N–H and O–H groups in total. The molecule has 13 nitrogen and oxygen atoms in total. The standard InChI is InChI=1S/C41H47ClN6O7S/c1-5-10-31(34(49)37(51)44-24-16-17-24)45-36(50)32-19-25(55-33-18-15-23(42)20-43-33)21-48(32)38(52)35(41(2,3)4)46-39(56)47-40(53)54-22-30-28-13-8-6-11-26(28)27-12-7-9-14-29(27)30/h6-9,11-15,18,20,24-25,30-32,35H,5,10,16-17,19,21-22H2,1-4H3,(H,44,51)(H,45,50)(H2,46,47,53,56)/t25-,31+,32+,35-/m1/s1. The summed E-state index contributed by atoms with van der Waals surface area (Å²) >= 11 is 11.5. The van der Waals surface area contributed by atoms with Crippen LogP contribution in [0, 0.1) is 5.41 Å². The van der Waals surface area contributed by atoms with Gasteiger partial charge in [-0.25, -0.2) is 9.78 Å². The Kier molecular flexibility index (Phi) is 12.6. The highest BCUT2D eigenvalue weighted by molar-refractivity contribution is 7.80. The number of fused-ring (bicyclic) bond motifs is 3. The number of ketones is 1. The minimum Gasteiger partial charge on any atom is -0.472 e. The first-order valence-corrected chi connectivity index (χ1v) is 19.7. The fraction of sp³-hybridized carbons (Fsp3) is 0.439. The number of aromatic nitrogens is 1. The van der Waals surface area contributed by atoms with E-state index in [1.807, 2.05) is 76.2 Å². The maximum atomic E-state index is 14.5. The highest BCUT2D eigenvalue weighted by Crippen LogP contribution is 2.44. The van der Waals surface area contributed by atoms with Gasteiger partial charge in [0.25, 0.3) is 5.91 Å². The average Bonchev–Trinajstić information content (AvgIpc) is 3.79. The molecule has 4 atom stereocenters. The minimum atomic E-state index is -1.08. The molecular weight excluding hydrogens is 756 g/mol. The van der Waals surface area contributed by atoms with Crippen molar-refractivity contribution in [3.8, 4) is 17.0 Å². The number of carbonyl (C=O) groups excluding carboxylic acids is 5. The summed E-state index contributed by atoms with van der Waals surface area (Å²) in [5.74, 6) is -2.48. The fourth-order valence-electron chi connectivity index (χ4n) is 7.15. The van der Waals surface area contributed by atoms with Crippen LogP contribution in [0.3, 0.4) is 0 Å². The van der Waals surface area contributed by atoms with Crippen molar-refractivity contribution in [3.05, 3.63) is 83.0 Å². The number of thiocarbonyl (C=S) groups is 1. The number of benzene rings is 2. The Morgan fingerprint density at radius 1 is 0.964 bits per heavy atom. The summed E-state index contributed by atoms with van der Waals surface area (Å²) in [4.78, 5) is 73.1. The molecule has 6 rings (SSSR count). The fourth-order valence-corrected chi connectivity index (χ4v) is 7.47. The molecule has 2 heterocycles. The molecule has 4 amide bonds. The van der Waals surface area contributed by atoms with E-state index >= 15 is 0 Å². The van der Waals surface area contributed by atoms with E-state index in [1.54, 1.807) is 12.1 Å². The number of nitrogens with zero attached hydrogens (tertiary/aromatic N) is 2. The molecule has 15 heteroatoms. The lowest BCUT2D eigenvalue weighted by atomic mass is 9.85. The van der Waals surface area contributed by atoms with Gasteiger partial charge >= 0.3 is 6.09 Å². The first-order valence-electron chi connectivity index (χ1n) is 18.9. The van der Waals surface area contributed by atoms with Crippen LogP contribution < -0.4 is 26.0 Å². The number of amides is 4. The van der Waals surface area contributed by atoms with Gasteiger partial charge in [0.2, 0.25) is 23.5 Å². The number of nitrogens with one attached hydrogen (secondary N) is 4. The molecule has 0 unspecified atom stereocenters. The number of likely N-dealkylation sites (tertiary alicyclic amines) is 1. The van der Waals surface area contributed by atoms with Gasteiger partial charge in [-0.15, -0.1) is 0 Å². The first-order chi connectivity index (χ1) is 26.7. The predicted octanol–water partition coefficient (Wildman–Crippen LogP) is 5.04. The third-order valence-electron chi connectivity index (χ3n) is 10.1. The quantitative estimate of drug-likeness (QED) is 0.136. The number of alkyl carbamates (subject to hydrolysis) is 1. The van der Waals surface area contributed by atoms with Crippen molar-refractivity contribution in [1.29, 1.82) is 0 Å². The van der Waals surface area contributed by atoms with Crippen molar-refractivity contribution in [2.24, 2.45) is 5.41 Å². The molecule has 1 aromatic heterocycles. The molecule has 296 valence electrons. The van der Waals surface area contributed by atoms with E-state index in [0.29, 0.717) is 11.4 Å². The summed E-state index contributed by atoms with van der Waals surface area (Å²) in [5.41, 5.74) is 3.54. The number of hydrogen-bond acceptors (Lipinski definition) is 9. The summed E-state index contributed by atoms with van der Waals surface area (Å²) in [6, 6.07) is 16.0. The second-order valence-electron chi connectivity index (χ2n) is 15.5. The smallest absolute Gasteiger partial charge is 0.413 e. The summed E-state index contributed by atoms with van der Waals surface area (Å²) in [6.45, 7) is 7.38. The highest BCUT2D eigenvalue weighted by Gasteiger charge is 2.46. The van der Waals surface area contributed by atoms with E-state index < -0.39 is 59.2 Å². The molecule has 1 aliphatic heterocycles. The molecule has 2 aromatic carbocycles. The molecule has 1 saturated carbocycles. The number of halogens is 1. The summed E-state index contributed by atoms with van der Waals surface area (Å²) in [5, 5.41) is 11.3. The van der Waals surface area contributed by atoms with E-state index in [-0.39, 0.29) is 48.9 Å². The van der Waals surface area contributed by atoms with Gasteiger partial charge in [0.05, 0.1) is 17.6 Å². The number of pyridine rings is 1. The topological polar surface area (TPSA) is 168 Å². The maximum Gasteiger partial charge on any atom is 0.413 e. The van der Waals surface area contributed by atoms with Gasteiger partial charge in [-0.2, -0.15) is 0 Å². The number of Topliss-reactive ketones (excluding diaryl/α,β-unsaturated/α-hetero) is 1. The van der Waals surface area contributed by atoms with E-state index in [9.17, 15) is 24.0 Å². The van der Waals surface area contributed by atoms with Gasteiger partial charge in [0.1, 0.15) is 24.8 Å². The third kappa shape index (κ3) is 9.65. The van der Waals surface area contributed by atoms with Gasteiger partial charge < -0.3 is 30.3 Å². The lowest BCUT2D eigenvalue weighted by Crippen LogP contribution is -2.60. The number of ether oxygens (including phenoxy) is 2. The zero-order valence-corrected chi connectivity index (χ0v) is 33.4. The Labute approximate surface area is 336 Å². The van der Waals surface area contributed by atoms with Crippen LogP contribution >= 0.6 is 23.8 Å². The van der Waals surface area contributed by atoms with Crippen LogP contribution in [0.5, 0.6) is 5.88 Å². The molecular formula is C41H47ClN6O7S. The number of carbonyl (C=O) groups is 5. The van der Waals surface area contributed by atoms with E-state index in [2.05, 4.69) is 26.3 Å². The summed E-state index contributed by atoms with van der Waals surface area (Å²) in [7, 11) is 0. The number of rotatable bonds is 13. The summed E-state index contributed by atoms with van der Waals surface area (Å²) in [6.07, 6.45) is 2.43. The van der Waals surface area contributed by atoms with Gasteiger partial charge in [-0.05, 0) is 65.2 Å². The highest BCUT2D eigenvalue weighted by atomic mass is 35.5. The van der Waals surface area contributed by atoms with Crippen LogP contribution in [0.2, 0.25) is 5.02 Å². The molecule has 0 spiro atoms. The molecule has 3 aliphatic rings. The van der Waals surface area contributed by atoms with Crippen molar-refractivity contribution in [2.45, 2.75) is 96.0 Å².